The van der Waals surface area contributed by atoms with Crippen molar-refractivity contribution in [2.45, 2.75) is 24.9 Å². The molecule has 8 nitrogen and oxygen atoms in total. The van der Waals surface area contributed by atoms with Crippen LogP contribution in [0.5, 0.6) is 0 Å². The van der Waals surface area contributed by atoms with Gasteiger partial charge in [0.15, 0.2) is 0 Å². The number of nitrogens with one attached hydrogen (secondary N) is 1. The van der Waals surface area contributed by atoms with Crippen LogP contribution in [0.2, 0.25) is 0 Å². The number of rotatable bonds is 9. The fourth-order valence-electron chi connectivity index (χ4n) is 3.09. The van der Waals surface area contributed by atoms with Gasteiger partial charge in [0.2, 0.25) is 5.91 Å². The molecule has 1 amide bonds. The summed E-state index contributed by atoms with van der Waals surface area (Å²) in [6.07, 6.45) is 2.32. The molecule has 9 heteroatoms. The number of hydrogen-bond acceptors (Lipinski definition) is 6. The monoisotopic (exact) mass is 426 g/mol. The highest BCUT2D eigenvalue weighted by Gasteiger charge is 2.28. The summed E-state index contributed by atoms with van der Waals surface area (Å²) in [6, 6.07) is 13.9. The Morgan fingerprint density at radius 3 is 2.53 bits per heavy atom. The molecule has 0 aliphatic carbocycles. The molecule has 1 aromatic heterocycles. The third kappa shape index (κ3) is 5.04. The number of nitrogens with zero attached hydrogens (tertiary/aromatic N) is 3. The van der Waals surface area contributed by atoms with Crippen LogP contribution < -0.4 is 10.9 Å². The number of carbonyl (C=O) groups is 2. The van der Waals surface area contributed by atoms with Gasteiger partial charge in [-0.05, 0) is 36.1 Å². The number of carboxylic acids is 1. The fraction of sp³-hybridized carbons (Fsp3) is 0.286. The Kier molecular flexibility index (Phi) is 7.18. The number of carboxylic acid groups (broad SMARTS) is 1. The molecule has 2 unspecified atom stereocenters. The van der Waals surface area contributed by atoms with E-state index >= 15 is 0 Å². The van der Waals surface area contributed by atoms with Crippen LogP contribution in [0.15, 0.2) is 59.4 Å². The molecule has 2 N–H and O–H groups in total. The lowest BCUT2D eigenvalue weighted by Crippen LogP contribution is -2.47. The van der Waals surface area contributed by atoms with Crippen molar-refractivity contribution < 1.29 is 14.7 Å². The molecule has 0 saturated heterocycles. The SMILES string of the molecule is CSCCC(NC(=O)C(Cc1ccccc1)n1nnc2ccccc2c1=O)C(=O)O. The first-order valence-electron chi connectivity index (χ1n) is 9.41. The van der Waals surface area contributed by atoms with Gasteiger partial charge in [-0.2, -0.15) is 16.4 Å². The predicted octanol–water partition coefficient (Wildman–Crippen LogP) is 1.90. The van der Waals surface area contributed by atoms with Gasteiger partial charge in [-0.15, -0.1) is 5.10 Å². The van der Waals surface area contributed by atoms with Gasteiger partial charge in [0, 0.05) is 6.42 Å². The van der Waals surface area contributed by atoms with Gasteiger partial charge in [-0.1, -0.05) is 47.7 Å². The van der Waals surface area contributed by atoms with E-state index < -0.39 is 29.5 Å². The summed E-state index contributed by atoms with van der Waals surface area (Å²) in [7, 11) is 0. The highest BCUT2D eigenvalue weighted by Crippen LogP contribution is 2.15. The van der Waals surface area contributed by atoms with Crippen molar-refractivity contribution in [1.29, 1.82) is 0 Å². The zero-order valence-electron chi connectivity index (χ0n) is 16.4. The van der Waals surface area contributed by atoms with Gasteiger partial charge < -0.3 is 10.4 Å². The van der Waals surface area contributed by atoms with E-state index in [0.717, 1.165) is 10.2 Å². The molecule has 2 atom stereocenters. The van der Waals surface area contributed by atoms with Crippen LogP contribution in [0.4, 0.5) is 0 Å². The number of carbonyl (C=O) groups excluding carboxylic acids is 1. The molecular formula is C21H22N4O4S. The normalized spacial score (nSPS) is 13.0. The fourth-order valence-corrected chi connectivity index (χ4v) is 3.57. The first-order chi connectivity index (χ1) is 14.5. The molecule has 3 rings (SSSR count). The minimum Gasteiger partial charge on any atom is -0.480 e. The Morgan fingerprint density at radius 1 is 1.13 bits per heavy atom. The molecule has 0 aliphatic rings. The lowest BCUT2D eigenvalue weighted by molar-refractivity contribution is -0.142. The Bertz CT molecular complexity index is 1090. The molecular weight excluding hydrogens is 404 g/mol. The molecule has 1 heterocycles. The second kappa shape index (κ2) is 10.0. The van der Waals surface area contributed by atoms with E-state index in [4.69, 9.17) is 0 Å². The van der Waals surface area contributed by atoms with Crippen molar-refractivity contribution in [2.75, 3.05) is 12.0 Å². The summed E-state index contributed by atoms with van der Waals surface area (Å²) >= 11 is 1.49. The summed E-state index contributed by atoms with van der Waals surface area (Å²) < 4.78 is 1.04. The van der Waals surface area contributed by atoms with E-state index in [-0.39, 0.29) is 12.8 Å². The van der Waals surface area contributed by atoms with Crippen LogP contribution >= 0.6 is 11.8 Å². The Labute approximate surface area is 177 Å². The van der Waals surface area contributed by atoms with Crippen molar-refractivity contribution in [2.24, 2.45) is 0 Å². The van der Waals surface area contributed by atoms with Crippen molar-refractivity contribution >= 4 is 34.5 Å². The molecule has 156 valence electrons. The quantitative estimate of drug-likeness (QED) is 0.537. The highest BCUT2D eigenvalue weighted by atomic mass is 32.2. The van der Waals surface area contributed by atoms with Gasteiger partial charge >= 0.3 is 5.97 Å². The standard InChI is InChI=1S/C21H22N4O4S/c1-30-12-11-17(21(28)29)22-19(26)18(13-14-7-3-2-4-8-14)25-20(27)15-9-5-6-10-16(15)23-24-25/h2-10,17-18H,11-13H2,1H3,(H,22,26)(H,28,29). The second-order valence-electron chi connectivity index (χ2n) is 6.74. The molecule has 0 bridgehead atoms. The van der Waals surface area contributed by atoms with Gasteiger partial charge in [0.05, 0.1) is 5.39 Å². The summed E-state index contributed by atoms with van der Waals surface area (Å²) in [5.41, 5.74) is 0.796. The zero-order valence-corrected chi connectivity index (χ0v) is 17.2. The molecule has 0 aliphatic heterocycles. The van der Waals surface area contributed by atoms with Crippen LogP contribution in [0.1, 0.15) is 18.0 Å². The summed E-state index contributed by atoms with van der Waals surface area (Å²) in [5.74, 6) is -1.12. The van der Waals surface area contributed by atoms with Crippen LogP contribution in [-0.2, 0) is 16.0 Å². The van der Waals surface area contributed by atoms with Gasteiger partial charge in [0.1, 0.15) is 17.6 Å². The number of thioether (sulfide) groups is 1. The average molecular weight is 426 g/mol. The van der Waals surface area contributed by atoms with Crippen LogP contribution in [0.25, 0.3) is 10.9 Å². The van der Waals surface area contributed by atoms with E-state index in [9.17, 15) is 19.5 Å². The largest absolute Gasteiger partial charge is 0.480 e. The van der Waals surface area contributed by atoms with Crippen molar-refractivity contribution in [3.63, 3.8) is 0 Å². The van der Waals surface area contributed by atoms with E-state index in [0.29, 0.717) is 16.7 Å². The first-order valence-corrected chi connectivity index (χ1v) is 10.8. The Morgan fingerprint density at radius 2 is 1.83 bits per heavy atom. The van der Waals surface area contributed by atoms with Crippen LogP contribution in [-0.4, -0.2) is 50.0 Å². The summed E-state index contributed by atoms with van der Waals surface area (Å²) in [4.78, 5) is 37.7. The minimum atomic E-state index is -1.12. The number of benzene rings is 2. The molecule has 0 radical (unpaired) electrons. The zero-order chi connectivity index (χ0) is 21.5. The molecule has 0 spiro atoms. The van der Waals surface area contributed by atoms with Crippen LogP contribution in [0.3, 0.4) is 0 Å². The van der Waals surface area contributed by atoms with Crippen molar-refractivity contribution in [3.05, 3.63) is 70.5 Å². The topological polar surface area (TPSA) is 114 Å². The Hall–Kier alpha value is -3.20. The smallest absolute Gasteiger partial charge is 0.326 e. The van der Waals surface area contributed by atoms with E-state index in [2.05, 4.69) is 15.6 Å². The summed E-state index contributed by atoms with van der Waals surface area (Å²) in [5, 5.41) is 20.4. The van der Waals surface area contributed by atoms with E-state index in [1.54, 1.807) is 24.3 Å². The van der Waals surface area contributed by atoms with Crippen molar-refractivity contribution in [3.8, 4) is 0 Å². The predicted molar refractivity (Wildman–Crippen MR) is 116 cm³/mol. The summed E-state index contributed by atoms with van der Waals surface area (Å²) in [6.45, 7) is 0. The molecule has 0 fully saturated rings. The lowest BCUT2D eigenvalue weighted by atomic mass is 10.0. The Balaban J connectivity index is 1.98. The van der Waals surface area contributed by atoms with Gasteiger partial charge in [-0.25, -0.2) is 4.79 Å². The molecule has 3 aromatic rings. The maximum Gasteiger partial charge on any atom is 0.326 e. The number of aliphatic carboxylic acids is 1. The number of amides is 1. The third-order valence-corrected chi connectivity index (χ3v) is 5.33. The van der Waals surface area contributed by atoms with Gasteiger partial charge in [0.25, 0.3) is 5.56 Å². The number of fused-ring (bicyclic) bond motifs is 1. The first kappa shape index (κ1) is 21.5. The maximum atomic E-state index is 13.1. The number of hydrogen-bond donors (Lipinski definition) is 2. The van der Waals surface area contributed by atoms with E-state index in [1.165, 1.54) is 11.8 Å². The number of aromatic nitrogens is 3. The average Bonchev–Trinajstić information content (AvgIpc) is 2.76. The molecule has 2 aromatic carbocycles. The van der Waals surface area contributed by atoms with Crippen LogP contribution in [0, 0.1) is 0 Å². The second-order valence-corrected chi connectivity index (χ2v) is 7.73. The lowest BCUT2D eigenvalue weighted by Gasteiger charge is -2.21. The maximum absolute atomic E-state index is 13.1. The van der Waals surface area contributed by atoms with E-state index in [1.807, 2.05) is 36.6 Å². The third-order valence-electron chi connectivity index (χ3n) is 4.69. The van der Waals surface area contributed by atoms with Gasteiger partial charge in [-0.3, -0.25) is 9.59 Å². The molecule has 0 saturated carbocycles. The van der Waals surface area contributed by atoms with Crippen molar-refractivity contribution in [1.82, 2.24) is 20.3 Å². The highest BCUT2D eigenvalue weighted by molar-refractivity contribution is 7.98. The minimum absolute atomic E-state index is 0.175. The molecule has 30 heavy (non-hydrogen) atoms.